The molecule has 3 heterocycles. The summed E-state index contributed by atoms with van der Waals surface area (Å²) < 4.78 is 20.0. The number of allylic oxidation sites excluding steroid dienone is 4. The van der Waals surface area contributed by atoms with Crippen molar-refractivity contribution in [3.8, 4) is 0 Å². The lowest BCUT2D eigenvalue weighted by Gasteiger charge is -2.37. The van der Waals surface area contributed by atoms with Crippen molar-refractivity contribution in [2.24, 2.45) is 10.1 Å². The van der Waals surface area contributed by atoms with Crippen molar-refractivity contribution in [3.05, 3.63) is 64.0 Å². The van der Waals surface area contributed by atoms with Crippen LogP contribution in [0.3, 0.4) is 0 Å². The molecule has 1 aromatic heterocycles. The summed E-state index contributed by atoms with van der Waals surface area (Å²) in [6.45, 7) is 5.55. The zero-order valence-electron chi connectivity index (χ0n) is 20.1. The van der Waals surface area contributed by atoms with Crippen LogP contribution in [0.5, 0.6) is 0 Å². The molecule has 2 aliphatic heterocycles. The first-order chi connectivity index (χ1) is 16.7. The summed E-state index contributed by atoms with van der Waals surface area (Å²) in [5.74, 6) is -0.560. The van der Waals surface area contributed by atoms with Gasteiger partial charge >= 0.3 is 5.97 Å². The highest BCUT2D eigenvalue weighted by Gasteiger charge is 2.41. The van der Waals surface area contributed by atoms with E-state index in [0.717, 1.165) is 31.3 Å². The van der Waals surface area contributed by atoms with Gasteiger partial charge in [-0.15, -0.1) is 0 Å². The minimum Gasteiger partial charge on any atom is -0.455 e. The Bertz CT molecular complexity index is 1170. The van der Waals surface area contributed by atoms with Gasteiger partial charge in [-0.2, -0.15) is 5.10 Å². The van der Waals surface area contributed by atoms with Gasteiger partial charge in [-0.3, -0.25) is 19.9 Å². The highest BCUT2D eigenvalue weighted by molar-refractivity contribution is 6.31. The largest absolute Gasteiger partial charge is 0.455 e. The minimum absolute atomic E-state index is 0.0959. The first kappa shape index (κ1) is 23.7. The Morgan fingerprint density at radius 1 is 1.23 bits per heavy atom. The normalized spacial score (nSPS) is 26.1. The highest BCUT2D eigenvalue weighted by Crippen LogP contribution is 2.39. The van der Waals surface area contributed by atoms with Crippen LogP contribution in [0.25, 0.3) is 0 Å². The molecule has 0 bridgehead atoms. The molecule has 0 saturated heterocycles. The van der Waals surface area contributed by atoms with Crippen LogP contribution in [-0.4, -0.2) is 51.2 Å². The van der Waals surface area contributed by atoms with Gasteiger partial charge in [0.05, 0.1) is 11.4 Å². The van der Waals surface area contributed by atoms with Crippen LogP contribution in [0, 0.1) is 5.82 Å². The number of carbonyl (C=O) groups is 1. The van der Waals surface area contributed by atoms with Gasteiger partial charge in [0.15, 0.2) is 6.17 Å². The third-order valence-electron chi connectivity index (χ3n) is 6.68. The van der Waals surface area contributed by atoms with Crippen molar-refractivity contribution in [1.82, 2.24) is 14.9 Å². The summed E-state index contributed by atoms with van der Waals surface area (Å²) in [6.07, 6.45) is 12.2. The molecular weight excluding hydrogens is 469 g/mol. The van der Waals surface area contributed by atoms with Gasteiger partial charge in [0, 0.05) is 35.0 Å². The molecule has 5 rings (SSSR count). The third kappa shape index (κ3) is 4.76. The molecule has 1 atom stereocenters. The SMILES string of the molecule is CC(C)(C)OC(=O)C1=C2CC=C(Cl)C=C2N=CC2N1C=NN2C1CCC(c2ncccc2F)CC1. The maximum Gasteiger partial charge on any atom is 0.355 e. The Labute approximate surface area is 209 Å². The van der Waals surface area contributed by atoms with Crippen LogP contribution in [0.1, 0.15) is 64.5 Å². The van der Waals surface area contributed by atoms with Crippen molar-refractivity contribution in [1.29, 1.82) is 0 Å². The quantitative estimate of drug-likeness (QED) is 0.535. The van der Waals surface area contributed by atoms with E-state index in [4.69, 9.17) is 26.4 Å². The summed E-state index contributed by atoms with van der Waals surface area (Å²) in [5, 5.41) is 7.29. The van der Waals surface area contributed by atoms with Crippen LogP contribution >= 0.6 is 11.6 Å². The molecule has 1 saturated carbocycles. The van der Waals surface area contributed by atoms with Gasteiger partial charge in [0.1, 0.15) is 23.5 Å². The summed E-state index contributed by atoms with van der Waals surface area (Å²) >= 11 is 6.26. The summed E-state index contributed by atoms with van der Waals surface area (Å²) in [6, 6.07) is 3.23. The number of esters is 1. The van der Waals surface area contributed by atoms with E-state index in [1.165, 1.54) is 6.07 Å². The Morgan fingerprint density at radius 3 is 2.71 bits per heavy atom. The fourth-order valence-electron chi connectivity index (χ4n) is 5.10. The van der Waals surface area contributed by atoms with E-state index >= 15 is 0 Å². The molecule has 7 nitrogen and oxygen atoms in total. The van der Waals surface area contributed by atoms with Crippen LogP contribution in [0.4, 0.5) is 4.39 Å². The van der Waals surface area contributed by atoms with E-state index in [1.807, 2.05) is 43.0 Å². The number of halogens is 2. The second-order valence-corrected chi connectivity index (χ2v) is 10.7. The molecular formula is C26H29ClFN5O2. The van der Waals surface area contributed by atoms with Crippen molar-refractivity contribution in [3.63, 3.8) is 0 Å². The zero-order chi connectivity index (χ0) is 24.7. The zero-order valence-corrected chi connectivity index (χ0v) is 20.9. The fraction of sp³-hybridized carbons (Fsp3) is 0.462. The lowest BCUT2D eigenvalue weighted by Crippen LogP contribution is -2.47. The van der Waals surface area contributed by atoms with Crippen molar-refractivity contribution >= 4 is 30.1 Å². The molecule has 1 aromatic rings. The highest BCUT2D eigenvalue weighted by atomic mass is 35.5. The number of pyridine rings is 1. The van der Waals surface area contributed by atoms with Gasteiger partial charge in [-0.25, -0.2) is 9.18 Å². The molecule has 0 aromatic carbocycles. The number of rotatable bonds is 3. The van der Waals surface area contributed by atoms with E-state index in [0.29, 0.717) is 28.5 Å². The molecule has 4 aliphatic rings. The number of aromatic nitrogens is 1. The molecule has 9 heteroatoms. The molecule has 35 heavy (non-hydrogen) atoms. The Morgan fingerprint density at radius 2 is 2.00 bits per heavy atom. The summed E-state index contributed by atoms with van der Waals surface area (Å²) in [7, 11) is 0. The molecule has 1 fully saturated rings. The molecule has 0 amide bonds. The van der Waals surface area contributed by atoms with E-state index < -0.39 is 11.6 Å². The number of hydrogen-bond donors (Lipinski definition) is 0. The van der Waals surface area contributed by atoms with E-state index in [1.54, 1.807) is 24.7 Å². The number of hydrogen-bond acceptors (Lipinski definition) is 7. The molecule has 0 radical (unpaired) electrons. The minimum atomic E-state index is -0.644. The van der Waals surface area contributed by atoms with Crippen LogP contribution in [0.2, 0.25) is 0 Å². The molecule has 2 aliphatic carbocycles. The first-order valence-corrected chi connectivity index (χ1v) is 12.4. The van der Waals surface area contributed by atoms with Gasteiger partial charge in [0.25, 0.3) is 0 Å². The number of nitrogens with zero attached hydrogens (tertiary/aromatic N) is 5. The first-order valence-electron chi connectivity index (χ1n) is 12.0. The van der Waals surface area contributed by atoms with Gasteiger partial charge < -0.3 is 4.74 Å². The molecule has 1 unspecified atom stereocenters. The van der Waals surface area contributed by atoms with Gasteiger partial charge in [-0.05, 0) is 71.1 Å². The summed E-state index contributed by atoms with van der Waals surface area (Å²) in [4.78, 5) is 24.2. The number of ether oxygens (including phenoxy) is 1. The molecule has 184 valence electrons. The Kier molecular flexibility index (Phi) is 6.25. The lowest BCUT2D eigenvalue weighted by atomic mass is 9.83. The van der Waals surface area contributed by atoms with E-state index in [9.17, 15) is 9.18 Å². The predicted molar refractivity (Wildman–Crippen MR) is 133 cm³/mol. The maximum atomic E-state index is 14.3. The van der Waals surface area contributed by atoms with Crippen LogP contribution in [0.15, 0.2) is 62.6 Å². The smallest absolute Gasteiger partial charge is 0.355 e. The number of aliphatic imine (C=N–C) groups is 1. The van der Waals surface area contributed by atoms with Crippen molar-refractivity contribution in [2.45, 2.75) is 76.6 Å². The fourth-order valence-corrected chi connectivity index (χ4v) is 5.28. The maximum absolute atomic E-state index is 14.3. The second kappa shape index (κ2) is 9.22. The number of fused-ring (bicyclic) bond motifs is 2. The average molecular weight is 498 g/mol. The standard InChI is InChI=1S/C26H29ClFN5O2/c1-26(2,3)35-25(34)24-19-11-8-17(27)13-21(19)30-14-22-32(24)15-31-33(22)18-9-6-16(7-10-18)23-20(28)5-4-12-29-23/h4-5,8,12-16,18,22H,6-7,9-11H2,1-3H3. The van der Waals surface area contributed by atoms with E-state index in [2.05, 4.69) is 4.98 Å². The number of hydrazone groups is 1. The monoisotopic (exact) mass is 497 g/mol. The van der Waals surface area contributed by atoms with Gasteiger partial charge in [-0.1, -0.05) is 17.7 Å². The second-order valence-electron chi connectivity index (χ2n) is 10.2. The molecule has 0 N–H and O–H groups in total. The molecule has 0 spiro atoms. The van der Waals surface area contributed by atoms with Crippen LogP contribution < -0.4 is 0 Å². The van der Waals surface area contributed by atoms with Crippen molar-refractivity contribution in [2.75, 3.05) is 0 Å². The van der Waals surface area contributed by atoms with Crippen LogP contribution in [-0.2, 0) is 9.53 Å². The van der Waals surface area contributed by atoms with E-state index in [-0.39, 0.29) is 23.9 Å². The summed E-state index contributed by atoms with van der Waals surface area (Å²) in [5.41, 5.74) is 1.77. The topological polar surface area (TPSA) is 70.4 Å². The lowest BCUT2D eigenvalue weighted by molar-refractivity contribution is -0.151. The predicted octanol–water partition coefficient (Wildman–Crippen LogP) is 5.22. The Hall–Kier alpha value is -3.00. The van der Waals surface area contributed by atoms with Gasteiger partial charge in [0.2, 0.25) is 0 Å². The van der Waals surface area contributed by atoms with Crippen molar-refractivity contribution < 1.29 is 13.9 Å². The number of carbonyl (C=O) groups excluding carboxylic acids is 1. The average Bonchev–Trinajstić information content (AvgIpc) is 3.14. The Balaban J connectivity index is 1.39. The third-order valence-corrected chi connectivity index (χ3v) is 6.94.